The zero-order valence-electron chi connectivity index (χ0n) is 15.5. The second-order valence-corrected chi connectivity index (χ2v) is 7.79. The van der Waals surface area contributed by atoms with Crippen molar-refractivity contribution >= 4 is 16.8 Å². The third kappa shape index (κ3) is 3.09. The summed E-state index contributed by atoms with van der Waals surface area (Å²) in [6, 6.07) is 8.04. The van der Waals surface area contributed by atoms with E-state index in [4.69, 9.17) is 4.74 Å². The molecule has 1 aromatic heterocycles. The first kappa shape index (κ1) is 17.4. The maximum atomic E-state index is 12.7. The molecule has 0 radical (unpaired) electrons. The number of rotatable bonds is 4. The number of amides is 1. The van der Waals surface area contributed by atoms with Crippen molar-refractivity contribution in [3.63, 3.8) is 0 Å². The molecular formula is C21H28N2O3. The zero-order chi connectivity index (χ0) is 18.1. The number of hydrogen-bond donors (Lipinski definition) is 1. The van der Waals surface area contributed by atoms with E-state index >= 15 is 0 Å². The number of hydrogen-bond acceptors (Lipinski definition) is 3. The maximum Gasteiger partial charge on any atom is 0.224 e. The van der Waals surface area contributed by atoms with Crippen molar-refractivity contribution in [3.05, 3.63) is 30.5 Å². The lowest BCUT2D eigenvalue weighted by atomic mass is 9.71. The van der Waals surface area contributed by atoms with Gasteiger partial charge in [-0.15, -0.1) is 0 Å². The number of carbonyl (C=O) groups excluding carboxylic acids is 1. The topological polar surface area (TPSA) is 54.7 Å². The highest BCUT2D eigenvalue weighted by Crippen LogP contribution is 2.39. The fourth-order valence-electron chi connectivity index (χ4n) is 4.74. The van der Waals surface area contributed by atoms with Crippen molar-refractivity contribution in [1.29, 1.82) is 0 Å². The minimum Gasteiger partial charge on any atom is -0.496 e. The van der Waals surface area contributed by atoms with Crippen molar-refractivity contribution in [2.45, 2.75) is 50.7 Å². The van der Waals surface area contributed by atoms with E-state index in [1.54, 1.807) is 7.11 Å². The van der Waals surface area contributed by atoms with E-state index in [2.05, 4.69) is 10.6 Å². The summed E-state index contributed by atoms with van der Waals surface area (Å²) in [7, 11) is 1.68. The molecule has 2 heterocycles. The number of methoxy groups -OCH3 is 1. The molecule has 2 unspecified atom stereocenters. The first-order chi connectivity index (χ1) is 12.6. The maximum absolute atomic E-state index is 12.7. The normalized spacial score (nSPS) is 25.9. The van der Waals surface area contributed by atoms with E-state index in [1.807, 2.05) is 29.3 Å². The van der Waals surface area contributed by atoms with Crippen LogP contribution in [-0.2, 0) is 11.3 Å². The van der Waals surface area contributed by atoms with E-state index in [1.165, 1.54) is 6.42 Å². The average Bonchev–Trinajstić information content (AvgIpc) is 3.08. The smallest absolute Gasteiger partial charge is 0.224 e. The molecule has 2 aromatic rings. The van der Waals surface area contributed by atoms with Crippen LogP contribution in [0, 0.1) is 5.92 Å². The van der Waals surface area contributed by atoms with Gasteiger partial charge in [0.05, 0.1) is 18.2 Å². The fourth-order valence-corrected chi connectivity index (χ4v) is 4.74. The number of fused-ring (bicyclic) bond motifs is 2. The van der Waals surface area contributed by atoms with Gasteiger partial charge in [-0.1, -0.05) is 18.9 Å². The Hall–Kier alpha value is -2.01. The molecule has 2 atom stereocenters. The number of aliphatic hydroxyl groups is 1. The van der Waals surface area contributed by atoms with Crippen LogP contribution >= 0.6 is 0 Å². The molecule has 1 saturated heterocycles. The summed E-state index contributed by atoms with van der Waals surface area (Å²) in [5.41, 5.74) is 0.569. The SMILES string of the molecule is COc1cccc2c1ccn2CCC(=O)N1CCC2(O)CCCCC2C1. The number of carbonyl (C=O) groups is 1. The number of benzene rings is 1. The number of aryl methyl sites for hydroxylation is 1. The molecule has 5 nitrogen and oxygen atoms in total. The fraction of sp³-hybridized carbons (Fsp3) is 0.571. The van der Waals surface area contributed by atoms with E-state index in [0.717, 1.165) is 48.9 Å². The van der Waals surface area contributed by atoms with Crippen LogP contribution in [0.2, 0.25) is 0 Å². The van der Waals surface area contributed by atoms with Crippen LogP contribution in [0.15, 0.2) is 30.5 Å². The molecule has 4 rings (SSSR count). The summed E-state index contributed by atoms with van der Waals surface area (Å²) in [5, 5.41) is 11.9. The van der Waals surface area contributed by atoms with Gasteiger partial charge in [0.15, 0.2) is 0 Å². The van der Waals surface area contributed by atoms with Crippen LogP contribution in [-0.4, -0.2) is 46.3 Å². The van der Waals surface area contributed by atoms with Crippen molar-refractivity contribution in [1.82, 2.24) is 9.47 Å². The van der Waals surface area contributed by atoms with Crippen molar-refractivity contribution < 1.29 is 14.6 Å². The van der Waals surface area contributed by atoms with E-state index in [-0.39, 0.29) is 11.8 Å². The molecule has 1 amide bonds. The minimum atomic E-state index is -0.526. The summed E-state index contributed by atoms with van der Waals surface area (Å²) in [4.78, 5) is 14.7. The number of likely N-dealkylation sites (tertiary alicyclic amines) is 1. The Morgan fingerprint density at radius 2 is 2.19 bits per heavy atom. The summed E-state index contributed by atoms with van der Waals surface area (Å²) in [6.45, 7) is 2.07. The van der Waals surface area contributed by atoms with Gasteiger partial charge in [0.25, 0.3) is 0 Å². The monoisotopic (exact) mass is 356 g/mol. The number of ether oxygens (including phenoxy) is 1. The van der Waals surface area contributed by atoms with E-state index in [0.29, 0.717) is 19.5 Å². The molecule has 1 aromatic carbocycles. The quantitative estimate of drug-likeness (QED) is 0.915. The Morgan fingerprint density at radius 1 is 1.31 bits per heavy atom. The lowest BCUT2D eigenvalue weighted by Crippen LogP contribution is -2.54. The van der Waals surface area contributed by atoms with Gasteiger partial charge in [-0.3, -0.25) is 4.79 Å². The Balaban J connectivity index is 1.40. The van der Waals surface area contributed by atoms with Gasteiger partial charge in [0.2, 0.25) is 5.91 Å². The van der Waals surface area contributed by atoms with Crippen molar-refractivity contribution in [2.75, 3.05) is 20.2 Å². The predicted molar refractivity (Wildman–Crippen MR) is 101 cm³/mol. The second kappa shape index (κ2) is 6.95. The Kier molecular flexibility index (Phi) is 4.65. The van der Waals surface area contributed by atoms with Crippen LogP contribution in [0.3, 0.4) is 0 Å². The van der Waals surface area contributed by atoms with Gasteiger partial charge < -0.3 is 19.3 Å². The first-order valence-corrected chi connectivity index (χ1v) is 9.73. The number of nitrogens with zero attached hydrogens (tertiary/aromatic N) is 2. The van der Waals surface area contributed by atoms with Gasteiger partial charge >= 0.3 is 0 Å². The summed E-state index contributed by atoms with van der Waals surface area (Å²) >= 11 is 0. The molecule has 1 N–H and O–H groups in total. The van der Waals surface area contributed by atoms with Crippen LogP contribution in [0.25, 0.3) is 10.9 Å². The highest BCUT2D eigenvalue weighted by molar-refractivity contribution is 5.86. The molecule has 26 heavy (non-hydrogen) atoms. The summed E-state index contributed by atoms with van der Waals surface area (Å²) in [5.74, 6) is 1.31. The molecule has 1 aliphatic heterocycles. The number of aromatic nitrogens is 1. The van der Waals surface area contributed by atoms with Crippen molar-refractivity contribution in [3.8, 4) is 5.75 Å². The molecule has 1 saturated carbocycles. The molecule has 0 spiro atoms. The van der Waals surface area contributed by atoms with Crippen LogP contribution in [0.5, 0.6) is 5.75 Å². The van der Waals surface area contributed by atoms with Crippen LogP contribution < -0.4 is 4.74 Å². The first-order valence-electron chi connectivity index (χ1n) is 9.73. The molecule has 0 bridgehead atoms. The standard InChI is InChI=1S/C21H28N2O3/c1-26-19-7-4-6-18-17(19)8-12-22(18)13-9-20(24)23-14-11-21(25)10-3-2-5-16(21)15-23/h4,6-8,12,16,25H,2-3,5,9-11,13-15H2,1H3. The molecule has 2 fully saturated rings. The van der Waals surface area contributed by atoms with Crippen LogP contribution in [0.1, 0.15) is 38.5 Å². The highest BCUT2D eigenvalue weighted by Gasteiger charge is 2.43. The molecule has 5 heteroatoms. The van der Waals surface area contributed by atoms with Gasteiger partial charge in [-0.2, -0.15) is 0 Å². The number of piperidine rings is 1. The lowest BCUT2D eigenvalue weighted by molar-refractivity contribution is -0.143. The minimum absolute atomic E-state index is 0.197. The highest BCUT2D eigenvalue weighted by atomic mass is 16.5. The summed E-state index contributed by atoms with van der Waals surface area (Å²) < 4.78 is 7.53. The zero-order valence-corrected chi connectivity index (χ0v) is 15.5. The lowest BCUT2D eigenvalue weighted by Gasteiger charge is -2.47. The Bertz CT molecular complexity index is 800. The average molecular weight is 356 g/mol. The van der Waals surface area contributed by atoms with Gasteiger partial charge in [-0.05, 0) is 37.5 Å². The van der Waals surface area contributed by atoms with Gasteiger partial charge in [0.1, 0.15) is 5.75 Å². The van der Waals surface area contributed by atoms with Crippen molar-refractivity contribution in [2.24, 2.45) is 5.92 Å². The Labute approximate surface area is 154 Å². The van der Waals surface area contributed by atoms with E-state index in [9.17, 15) is 9.90 Å². The van der Waals surface area contributed by atoms with Gasteiger partial charge in [0, 0.05) is 43.6 Å². The van der Waals surface area contributed by atoms with Gasteiger partial charge in [-0.25, -0.2) is 0 Å². The predicted octanol–water partition coefficient (Wildman–Crippen LogP) is 3.19. The van der Waals surface area contributed by atoms with Crippen LogP contribution in [0.4, 0.5) is 0 Å². The molecule has 1 aliphatic carbocycles. The molecule has 140 valence electrons. The van der Waals surface area contributed by atoms with E-state index < -0.39 is 5.60 Å². The third-order valence-corrected chi connectivity index (χ3v) is 6.34. The Morgan fingerprint density at radius 3 is 3.04 bits per heavy atom. The second-order valence-electron chi connectivity index (χ2n) is 7.79. The summed E-state index contributed by atoms with van der Waals surface area (Å²) in [6.07, 6.45) is 7.48. The molecule has 2 aliphatic rings. The third-order valence-electron chi connectivity index (χ3n) is 6.34. The largest absolute Gasteiger partial charge is 0.496 e. The molecular weight excluding hydrogens is 328 g/mol.